The first-order valence-electron chi connectivity index (χ1n) is 8.84. The van der Waals surface area contributed by atoms with Gasteiger partial charge < -0.3 is 20.4 Å². The molecule has 1 fully saturated rings. The van der Waals surface area contributed by atoms with Crippen LogP contribution in [0.1, 0.15) is 29.8 Å². The van der Waals surface area contributed by atoms with Crippen LogP contribution in [0.4, 0.5) is 8.78 Å². The topological polar surface area (TPSA) is 83.2 Å². The Kier molecular flexibility index (Phi) is 6.56. The van der Waals surface area contributed by atoms with Crippen molar-refractivity contribution in [2.75, 3.05) is 6.26 Å². The van der Waals surface area contributed by atoms with Crippen molar-refractivity contribution >= 4 is 34.5 Å². The molecule has 1 aromatic heterocycles. The largest absolute Gasteiger partial charge is 0.435 e. The molecule has 150 valence electrons. The number of aromatic nitrogens is 1. The summed E-state index contributed by atoms with van der Waals surface area (Å²) in [7, 11) is 0. The van der Waals surface area contributed by atoms with E-state index < -0.39 is 6.61 Å². The van der Waals surface area contributed by atoms with Gasteiger partial charge in [0, 0.05) is 35.1 Å². The number of H-pyrrole nitrogens is 1. The minimum Gasteiger partial charge on any atom is -0.435 e. The fourth-order valence-corrected chi connectivity index (χ4v) is 3.58. The molecule has 3 N–H and O–H groups in total. The van der Waals surface area contributed by atoms with Crippen LogP contribution in [0.3, 0.4) is 0 Å². The molecule has 2 amide bonds. The van der Waals surface area contributed by atoms with Crippen molar-refractivity contribution in [3.63, 3.8) is 0 Å². The van der Waals surface area contributed by atoms with Crippen LogP contribution in [0.15, 0.2) is 35.7 Å². The minimum absolute atomic E-state index is 0.0215. The quantitative estimate of drug-likeness (QED) is 0.612. The standard InChI is InChI=1S/C19H21F2N3O3S/c1-28-8-7-17(25)23-13-3-2-4-14(13)24-18(26)16-9-11-5-6-12(27-19(20)21)10-15(11)22-16/h5-10,13-14,19,22H,2-4H2,1H3,(H,23,25)(H,24,26)/b8-7+/t13-,14+/m1/s1. The smallest absolute Gasteiger partial charge is 0.387 e. The van der Waals surface area contributed by atoms with Crippen LogP contribution in [0.5, 0.6) is 5.75 Å². The second kappa shape index (κ2) is 9.09. The van der Waals surface area contributed by atoms with E-state index in [9.17, 15) is 18.4 Å². The zero-order valence-electron chi connectivity index (χ0n) is 15.2. The Morgan fingerprint density at radius 3 is 2.71 bits per heavy atom. The van der Waals surface area contributed by atoms with Gasteiger partial charge in [-0.1, -0.05) is 0 Å². The number of ether oxygens (including phenoxy) is 1. The highest BCUT2D eigenvalue weighted by Gasteiger charge is 2.30. The summed E-state index contributed by atoms with van der Waals surface area (Å²) >= 11 is 1.44. The first-order chi connectivity index (χ1) is 13.5. The molecule has 1 saturated carbocycles. The van der Waals surface area contributed by atoms with E-state index in [1.165, 1.54) is 30.0 Å². The number of hydrogen-bond acceptors (Lipinski definition) is 4. The van der Waals surface area contributed by atoms with E-state index in [1.807, 2.05) is 6.26 Å². The molecule has 28 heavy (non-hydrogen) atoms. The lowest BCUT2D eigenvalue weighted by atomic mass is 10.1. The Morgan fingerprint density at radius 2 is 2.00 bits per heavy atom. The van der Waals surface area contributed by atoms with Crippen LogP contribution in [-0.2, 0) is 4.79 Å². The summed E-state index contributed by atoms with van der Waals surface area (Å²) in [4.78, 5) is 27.4. The number of hydrogen-bond donors (Lipinski definition) is 3. The van der Waals surface area contributed by atoms with Gasteiger partial charge in [0.1, 0.15) is 11.4 Å². The molecule has 0 spiro atoms. The Balaban J connectivity index is 1.66. The average Bonchev–Trinajstić information content (AvgIpc) is 3.26. The second-order valence-corrected chi connectivity index (χ2v) is 7.22. The number of carbonyl (C=O) groups is 2. The van der Waals surface area contributed by atoms with Gasteiger partial charge >= 0.3 is 6.61 Å². The highest BCUT2D eigenvalue weighted by molar-refractivity contribution is 8.01. The molecule has 2 atom stereocenters. The fourth-order valence-electron chi connectivity index (χ4n) is 3.32. The number of alkyl halides is 2. The van der Waals surface area contributed by atoms with Crippen LogP contribution in [-0.4, -0.2) is 41.7 Å². The molecule has 3 rings (SSSR count). The predicted octanol–water partition coefficient (Wildman–Crippen LogP) is 3.41. The summed E-state index contributed by atoms with van der Waals surface area (Å²) < 4.78 is 29.1. The van der Waals surface area contributed by atoms with Crippen molar-refractivity contribution in [1.29, 1.82) is 0 Å². The van der Waals surface area contributed by atoms with Gasteiger partial charge in [-0.25, -0.2) is 0 Å². The molecule has 1 aliphatic carbocycles. The van der Waals surface area contributed by atoms with Crippen LogP contribution in [0.25, 0.3) is 10.9 Å². The number of nitrogens with one attached hydrogen (secondary N) is 3. The van der Waals surface area contributed by atoms with Crippen LogP contribution in [0, 0.1) is 0 Å². The number of halogens is 2. The van der Waals surface area contributed by atoms with Crippen LogP contribution >= 0.6 is 11.8 Å². The summed E-state index contributed by atoms with van der Waals surface area (Å²) in [5, 5.41) is 8.29. The van der Waals surface area contributed by atoms with Gasteiger partial charge in [0.2, 0.25) is 5.91 Å². The third-order valence-electron chi connectivity index (χ3n) is 4.58. The number of fused-ring (bicyclic) bond motifs is 1. The van der Waals surface area contributed by atoms with E-state index in [-0.39, 0.29) is 29.6 Å². The Labute approximate surface area is 165 Å². The number of amides is 2. The Morgan fingerprint density at radius 1 is 1.25 bits per heavy atom. The lowest BCUT2D eigenvalue weighted by molar-refractivity contribution is -0.117. The molecule has 1 heterocycles. The molecule has 0 unspecified atom stereocenters. The number of thioether (sulfide) groups is 1. The SMILES string of the molecule is CS/C=C/C(=O)N[C@@H]1CCC[C@@H]1NC(=O)c1cc2ccc(OC(F)F)cc2[nH]1. The first kappa shape index (κ1) is 20.2. The van der Waals surface area contributed by atoms with E-state index in [1.54, 1.807) is 17.5 Å². The fraction of sp³-hybridized carbons (Fsp3) is 0.368. The number of benzene rings is 1. The second-order valence-electron chi connectivity index (χ2n) is 6.47. The summed E-state index contributed by atoms with van der Waals surface area (Å²) in [6, 6.07) is 5.82. The van der Waals surface area contributed by atoms with Gasteiger partial charge in [-0.05, 0) is 49.1 Å². The zero-order chi connectivity index (χ0) is 20.1. The van der Waals surface area contributed by atoms with Crippen molar-refractivity contribution in [1.82, 2.24) is 15.6 Å². The maximum Gasteiger partial charge on any atom is 0.387 e. The molecule has 0 saturated heterocycles. The van der Waals surface area contributed by atoms with Crippen molar-refractivity contribution in [3.05, 3.63) is 41.4 Å². The third kappa shape index (κ3) is 5.03. The van der Waals surface area contributed by atoms with Gasteiger partial charge in [-0.2, -0.15) is 8.78 Å². The molecule has 2 aromatic rings. The van der Waals surface area contributed by atoms with Crippen LogP contribution in [0.2, 0.25) is 0 Å². The first-order valence-corrected chi connectivity index (χ1v) is 10.1. The van der Waals surface area contributed by atoms with Gasteiger partial charge in [-0.15, -0.1) is 11.8 Å². The van der Waals surface area contributed by atoms with E-state index in [2.05, 4.69) is 20.4 Å². The van der Waals surface area contributed by atoms with E-state index >= 15 is 0 Å². The van der Waals surface area contributed by atoms with Crippen molar-refractivity contribution in [3.8, 4) is 5.75 Å². The number of aromatic amines is 1. The molecular weight excluding hydrogens is 388 g/mol. The number of carbonyl (C=O) groups excluding carboxylic acids is 2. The summed E-state index contributed by atoms with van der Waals surface area (Å²) in [5.41, 5.74) is 0.852. The summed E-state index contributed by atoms with van der Waals surface area (Å²) in [6.45, 7) is -2.91. The Bertz CT molecular complexity index is 884. The van der Waals surface area contributed by atoms with E-state index in [0.717, 1.165) is 19.3 Å². The van der Waals surface area contributed by atoms with Crippen molar-refractivity contribution in [2.24, 2.45) is 0 Å². The number of rotatable bonds is 7. The summed E-state index contributed by atoms with van der Waals surface area (Å²) in [5.74, 6) is -0.468. The maximum atomic E-state index is 12.6. The van der Waals surface area contributed by atoms with Crippen molar-refractivity contribution in [2.45, 2.75) is 38.0 Å². The van der Waals surface area contributed by atoms with Crippen LogP contribution < -0.4 is 15.4 Å². The van der Waals surface area contributed by atoms with Gasteiger partial charge in [0.25, 0.3) is 5.91 Å². The molecule has 6 nitrogen and oxygen atoms in total. The zero-order valence-corrected chi connectivity index (χ0v) is 16.0. The monoisotopic (exact) mass is 409 g/mol. The van der Waals surface area contributed by atoms with Gasteiger partial charge in [0.05, 0.1) is 0 Å². The minimum atomic E-state index is -2.91. The third-order valence-corrected chi connectivity index (χ3v) is 4.99. The highest BCUT2D eigenvalue weighted by atomic mass is 32.2. The van der Waals surface area contributed by atoms with Crippen molar-refractivity contribution < 1.29 is 23.1 Å². The Hall–Kier alpha value is -2.55. The molecule has 1 aromatic carbocycles. The van der Waals surface area contributed by atoms with Gasteiger partial charge in [-0.3, -0.25) is 9.59 Å². The molecule has 0 bridgehead atoms. The lowest BCUT2D eigenvalue weighted by Crippen LogP contribution is -2.48. The predicted molar refractivity (Wildman–Crippen MR) is 105 cm³/mol. The maximum absolute atomic E-state index is 12.6. The lowest BCUT2D eigenvalue weighted by Gasteiger charge is -2.21. The normalized spacial score (nSPS) is 19.4. The highest BCUT2D eigenvalue weighted by Crippen LogP contribution is 2.24. The molecule has 0 aliphatic heterocycles. The molecule has 1 aliphatic rings. The van der Waals surface area contributed by atoms with E-state index in [4.69, 9.17) is 0 Å². The summed E-state index contributed by atoms with van der Waals surface area (Å²) in [6.07, 6.45) is 5.81. The molecular formula is C19H21F2N3O3S. The van der Waals surface area contributed by atoms with E-state index in [0.29, 0.717) is 16.6 Å². The molecule has 0 radical (unpaired) electrons. The van der Waals surface area contributed by atoms with Gasteiger partial charge in [0.15, 0.2) is 0 Å². The average molecular weight is 409 g/mol. The molecule has 9 heteroatoms.